The van der Waals surface area contributed by atoms with Gasteiger partial charge < -0.3 is 10.5 Å². The fourth-order valence-electron chi connectivity index (χ4n) is 3.02. The Labute approximate surface area is 115 Å². The molecule has 1 saturated heterocycles. The highest BCUT2D eigenvalue weighted by atomic mass is 79.9. The Morgan fingerprint density at radius 2 is 2.35 bits per heavy atom. The summed E-state index contributed by atoms with van der Waals surface area (Å²) in [6.45, 7) is 1.65. The molecule has 1 aromatic heterocycles. The first kappa shape index (κ1) is 12.2. The fourth-order valence-corrected chi connectivity index (χ4v) is 4.62. The third kappa shape index (κ3) is 2.33. The van der Waals surface area contributed by atoms with Crippen molar-refractivity contribution in [2.75, 3.05) is 13.2 Å². The smallest absolute Gasteiger partial charge is 0.0675 e. The second-order valence-electron chi connectivity index (χ2n) is 5.35. The fraction of sp³-hybridized carbons (Fsp3) is 0.692. The van der Waals surface area contributed by atoms with E-state index in [2.05, 4.69) is 27.4 Å². The third-order valence-corrected chi connectivity index (χ3v) is 5.80. The molecule has 4 heteroatoms. The highest BCUT2D eigenvalue weighted by molar-refractivity contribution is 9.10. The summed E-state index contributed by atoms with van der Waals surface area (Å²) >= 11 is 5.35. The van der Waals surface area contributed by atoms with Gasteiger partial charge in [0.15, 0.2) is 0 Å². The van der Waals surface area contributed by atoms with Crippen molar-refractivity contribution in [3.05, 3.63) is 20.8 Å². The zero-order valence-corrected chi connectivity index (χ0v) is 12.2. The van der Waals surface area contributed by atoms with Crippen LogP contribution in [0.5, 0.6) is 0 Å². The first-order chi connectivity index (χ1) is 8.23. The second kappa shape index (κ2) is 4.65. The van der Waals surface area contributed by atoms with Crippen molar-refractivity contribution >= 4 is 27.3 Å². The molecule has 2 atom stereocenters. The summed E-state index contributed by atoms with van der Waals surface area (Å²) in [5, 5.41) is 2.15. The van der Waals surface area contributed by atoms with Gasteiger partial charge >= 0.3 is 0 Å². The monoisotopic (exact) mass is 315 g/mol. The molecular formula is C13H18BrNOS. The summed E-state index contributed by atoms with van der Waals surface area (Å²) in [6.07, 6.45) is 5.29. The minimum absolute atomic E-state index is 0.200. The van der Waals surface area contributed by atoms with Gasteiger partial charge in [0.1, 0.15) is 0 Å². The van der Waals surface area contributed by atoms with Gasteiger partial charge in [0.25, 0.3) is 0 Å². The average molecular weight is 316 g/mol. The quantitative estimate of drug-likeness (QED) is 0.926. The zero-order chi connectivity index (χ0) is 11.9. The van der Waals surface area contributed by atoms with Crippen molar-refractivity contribution in [1.29, 1.82) is 0 Å². The van der Waals surface area contributed by atoms with Crippen molar-refractivity contribution in [3.63, 3.8) is 0 Å². The van der Waals surface area contributed by atoms with E-state index >= 15 is 0 Å². The van der Waals surface area contributed by atoms with Gasteiger partial charge in [0.2, 0.25) is 0 Å². The van der Waals surface area contributed by atoms with E-state index in [1.54, 1.807) is 0 Å². The lowest BCUT2D eigenvalue weighted by Gasteiger charge is -2.32. The Bertz CT molecular complexity index is 404. The first-order valence-corrected chi connectivity index (χ1v) is 7.95. The van der Waals surface area contributed by atoms with Crippen LogP contribution in [-0.2, 0) is 11.2 Å². The average Bonchev–Trinajstić information content (AvgIpc) is 2.96. The topological polar surface area (TPSA) is 35.2 Å². The van der Waals surface area contributed by atoms with Gasteiger partial charge in [-0.25, -0.2) is 0 Å². The van der Waals surface area contributed by atoms with Gasteiger partial charge in [-0.1, -0.05) is 0 Å². The SMILES string of the molecule is NCC1(Cc2cc(Br)cs2)CCOC1C1CC1. The molecule has 17 heavy (non-hydrogen) atoms. The third-order valence-electron chi connectivity index (χ3n) is 4.11. The summed E-state index contributed by atoms with van der Waals surface area (Å²) in [4.78, 5) is 1.43. The molecule has 3 rings (SSSR count). The molecule has 2 N–H and O–H groups in total. The first-order valence-electron chi connectivity index (χ1n) is 6.28. The molecule has 2 unspecified atom stereocenters. The molecule has 0 radical (unpaired) electrons. The van der Waals surface area contributed by atoms with Crippen LogP contribution < -0.4 is 5.73 Å². The van der Waals surface area contributed by atoms with E-state index in [9.17, 15) is 0 Å². The molecule has 2 fully saturated rings. The van der Waals surface area contributed by atoms with E-state index in [0.717, 1.165) is 31.9 Å². The van der Waals surface area contributed by atoms with Crippen molar-refractivity contribution in [1.82, 2.24) is 0 Å². The molecule has 1 aliphatic heterocycles. The number of halogens is 1. The lowest BCUT2D eigenvalue weighted by atomic mass is 9.76. The lowest BCUT2D eigenvalue weighted by molar-refractivity contribution is 0.0348. The summed E-state index contributed by atoms with van der Waals surface area (Å²) in [7, 11) is 0. The highest BCUT2D eigenvalue weighted by Gasteiger charge is 2.50. The van der Waals surface area contributed by atoms with Crippen LogP contribution in [0.2, 0.25) is 0 Å². The number of nitrogens with two attached hydrogens (primary N) is 1. The Morgan fingerprint density at radius 3 is 2.94 bits per heavy atom. The Morgan fingerprint density at radius 1 is 1.53 bits per heavy atom. The molecule has 1 aromatic rings. The molecular weight excluding hydrogens is 298 g/mol. The van der Waals surface area contributed by atoms with E-state index in [1.807, 2.05) is 11.3 Å². The summed E-state index contributed by atoms with van der Waals surface area (Å²) in [5.74, 6) is 0.782. The van der Waals surface area contributed by atoms with Crippen molar-refractivity contribution in [3.8, 4) is 0 Å². The largest absolute Gasteiger partial charge is 0.377 e. The maximum Gasteiger partial charge on any atom is 0.0675 e. The van der Waals surface area contributed by atoms with Crippen molar-refractivity contribution in [2.24, 2.45) is 17.1 Å². The Balaban J connectivity index is 1.80. The zero-order valence-electron chi connectivity index (χ0n) is 9.82. The van der Waals surface area contributed by atoms with Crippen LogP contribution in [0.15, 0.2) is 15.9 Å². The summed E-state index contributed by atoms with van der Waals surface area (Å²) < 4.78 is 7.16. The molecule has 0 aromatic carbocycles. The van der Waals surface area contributed by atoms with Gasteiger partial charge in [0.05, 0.1) is 6.10 Å². The normalized spacial score (nSPS) is 33.2. The predicted molar refractivity (Wildman–Crippen MR) is 74.3 cm³/mol. The van der Waals surface area contributed by atoms with E-state index in [0.29, 0.717) is 6.10 Å². The molecule has 1 saturated carbocycles. The van der Waals surface area contributed by atoms with E-state index in [4.69, 9.17) is 10.5 Å². The van der Waals surface area contributed by atoms with Gasteiger partial charge in [-0.2, -0.15) is 0 Å². The number of thiophene rings is 1. The van der Waals surface area contributed by atoms with Gasteiger partial charge in [-0.05, 0) is 53.6 Å². The number of ether oxygens (including phenoxy) is 1. The van der Waals surface area contributed by atoms with Crippen LogP contribution in [0.1, 0.15) is 24.1 Å². The van der Waals surface area contributed by atoms with E-state index in [-0.39, 0.29) is 5.41 Å². The molecule has 0 amide bonds. The minimum atomic E-state index is 0.200. The standard InChI is InChI=1S/C13H18BrNOS/c14-10-5-11(17-7-10)6-13(8-15)3-4-16-12(13)9-1-2-9/h5,7,9,12H,1-4,6,8,15H2. The minimum Gasteiger partial charge on any atom is -0.377 e. The number of hydrogen-bond donors (Lipinski definition) is 1. The van der Waals surface area contributed by atoms with E-state index in [1.165, 1.54) is 22.2 Å². The van der Waals surface area contributed by atoms with Gasteiger partial charge in [-0.3, -0.25) is 0 Å². The maximum atomic E-state index is 6.09. The van der Waals surface area contributed by atoms with Gasteiger partial charge in [-0.15, -0.1) is 11.3 Å². The van der Waals surface area contributed by atoms with Crippen LogP contribution in [0.25, 0.3) is 0 Å². The summed E-state index contributed by atoms with van der Waals surface area (Å²) in [5.41, 5.74) is 6.29. The van der Waals surface area contributed by atoms with Crippen LogP contribution >= 0.6 is 27.3 Å². The predicted octanol–water partition coefficient (Wildman–Crippen LogP) is 3.20. The molecule has 94 valence electrons. The number of hydrogen-bond acceptors (Lipinski definition) is 3. The summed E-state index contributed by atoms with van der Waals surface area (Å²) in [6, 6.07) is 2.23. The van der Waals surface area contributed by atoms with E-state index < -0.39 is 0 Å². The van der Waals surface area contributed by atoms with Crippen molar-refractivity contribution < 1.29 is 4.74 Å². The Kier molecular flexibility index (Phi) is 3.32. The highest BCUT2D eigenvalue weighted by Crippen LogP contribution is 2.49. The van der Waals surface area contributed by atoms with Gasteiger partial charge in [0, 0.05) is 33.3 Å². The van der Waals surface area contributed by atoms with Crippen LogP contribution in [0, 0.1) is 11.3 Å². The maximum absolute atomic E-state index is 6.09. The molecule has 0 spiro atoms. The molecule has 2 aliphatic rings. The molecule has 0 bridgehead atoms. The Hall–Kier alpha value is 0.1000. The van der Waals surface area contributed by atoms with Crippen LogP contribution in [0.3, 0.4) is 0 Å². The molecule has 2 nitrogen and oxygen atoms in total. The lowest BCUT2D eigenvalue weighted by Crippen LogP contribution is -2.41. The molecule has 2 heterocycles. The second-order valence-corrected chi connectivity index (χ2v) is 7.26. The van der Waals surface area contributed by atoms with Crippen LogP contribution in [-0.4, -0.2) is 19.3 Å². The van der Waals surface area contributed by atoms with Crippen molar-refractivity contribution in [2.45, 2.75) is 31.8 Å². The molecule has 1 aliphatic carbocycles. The number of rotatable bonds is 4. The van der Waals surface area contributed by atoms with Crippen LogP contribution in [0.4, 0.5) is 0 Å².